The number of aromatic nitrogens is 2. The minimum Gasteiger partial charge on any atom is -0.399 e. The van der Waals surface area contributed by atoms with Crippen LogP contribution in [0, 0.1) is 0 Å². The fraction of sp³-hybridized carbons (Fsp3) is 0.350. The molecule has 4 nitrogen and oxygen atoms in total. The summed E-state index contributed by atoms with van der Waals surface area (Å²) in [5.41, 5.74) is 10.4. The van der Waals surface area contributed by atoms with E-state index in [0.717, 1.165) is 30.8 Å². The van der Waals surface area contributed by atoms with Crippen LogP contribution in [0.4, 0.5) is 5.69 Å². The minimum atomic E-state index is 0. The van der Waals surface area contributed by atoms with Crippen molar-refractivity contribution >= 4 is 41.5 Å². The van der Waals surface area contributed by atoms with Crippen LogP contribution in [0.15, 0.2) is 48.5 Å². The van der Waals surface area contributed by atoms with E-state index in [1.165, 1.54) is 29.7 Å². The van der Waals surface area contributed by atoms with Gasteiger partial charge in [-0.3, -0.25) is 4.90 Å². The molecule has 0 amide bonds. The van der Waals surface area contributed by atoms with Gasteiger partial charge < -0.3 is 10.3 Å². The molecule has 0 aliphatic carbocycles. The van der Waals surface area contributed by atoms with Crippen molar-refractivity contribution in [1.82, 2.24) is 14.5 Å². The summed E-state index contributed by atoms with van der Waals surface area (Å²) in [5, 5.41) is 0. The molecule has 6 heteroatoms. The van der Waals surface area contributed by atoms with Crippen LogP contribution in [0.3, 0.4) is 0 Å². The molecule has 1 unspecified atom stereocenters. The standard InChI is InChI=1S/C20H24N4.2ClH/c1-2-24-18-10-4-3-9-17(18)22-20(24)19-11-6-12-23(19)14-15-7-5-8-16(21)13-15;;/h3-5,7-10,13,19H,2,6,11-12,14,21H2,1H3;2*1H. The number of hydrogen-bond acceptors (Lipinski definition) is 3. The minimum absolute atomic E-state index is 0. The fourth-order valence-corrected chi connectivity index (χ4v) is 3.91. The van der Waals surface area contributed by atoms with Crippen molar-refractivity contribution in [3.63, 3.8) is 0 Å². The van der Waals surface area contributed by atoms with E-state index in [0.29, 0.717) is 6.04 Å². The molecule has 1 aliphatic heterocycles. The first kappa shape index (κ1) is 20.6. The molecule has 2 N–H and O–H groups in total. The second-order valence-corrected chi connectivity index (χ2v) is 6.58. The van der Waals surface area contributed by atoms with Crippen molar-refractivity contribution in [2.45, 2.75) is 38.9 Å². The van der Waals surface area contributed by atoms with Crippen molar-refractivity contribution in [2.75, 3.05) is 12.3 Å². The predicted octanol–water partition coefficient (Wildman–Crippen LogP) is 4.82. The summed E-state index contributed by atoms with van der Waals surface area (Å²) >= 11 is 0. The quantitative estimate of drug-likeness (QED) is 0.647. The maximum Gasteiger partial charge on any atom is 0.127 e. The van der Waals surface area contributed by atoms with Crippen LogP contribution < -0.4 is 5.73 Å². The van der Waals surface area contributed by atoms with Crippen LogP contribution in [0.2, 0.25) is 0 Å². The zero-order chi connectivity index (χ0) is 16.5. The summed E-state index contributed by atoms with van der Waals surface area (Å²) in [6, 6.07) is 17.1. The Morgan fingerprint density at radius 1 is 1.12 bits per heavy atom. The Labute approximate surface area is 167 Å². The van der Waals surface area contributed by atoms with Gasteiger partial charge in [-0.25, -0.2) is 4.98 Å². The number of imidazole rings is 1. The van der Waals surface area contributed by atoms with Gasteiger partial charge in [0.15, 0.2) is 0 Å². The van der Waals surface area contributed by atoms with E-state index in [-0.39, 0.29) is 24.8 Å². The lowest BCUT2D eigenvalue weighted by molar-refractivity contribution is 0.236. The monoisotopic (exact) mass is 392 g/mol. The second kappa shape index (κ2) is 8.76. The number of nitrogens with two attached hydrogens (primary N) is 1. The topological polar surface area (TPSA) is 47.1 Å². The number of benzene rings is 2. The van der Waals surface area contributed by atoms with E-state index in [4.69, 9.17) is 10.7 Å². The number of rotatable bonds is 4. The van der Waals surface area contributed by atoms with Crippen molar-refractivity contribution < 1.29 is 0 Å². The molecule has 4 rings (SSSR count). The molecule has 1 saturated heterocycles. The lowest BCUT2D eigenvalue weighted by atomic mass is 10.1. The average molecular weight is 393 g/mol. The lowest BCUT2D eigenvalue weighted by Gasteiger charge is -2.25. The third kappa shape index (κ3) is 3.83. The molecular weight excluding hydrogens is 367 g/mol. The molecule has 0 bridgehead atoms. The third-order valence-electron chi connectivity index (χ3n) is 5.00. The molecule has 140 valence electrons. The highest BCUT2D eigenvalue weighted by molar-refractivity contribution is 5.85. The maximum absolute atomic E-state index is 5.94. The number of aryl methyl sites for hydroxylation is 1. The molecule has 3 aromatic rings. The molecule has 1 aliphatic rings. The SMILES string of the molecule is CCn1c(C2CCCN2Cc2cccc(N)c2)nc2ccccc21.Cl.Cl. The van der Waals surface area contributed by atoms with Crippen molar-refractivity contribution in [2.24, 2.45) is 0 Å². The van der Waals surface area contributed by atoms with Crippen LogP contribution in [-0.4, -0.2) is 21.0 Å². The molecule has 2 aromatic carbocycles. The van der Waals surface area contributed by atoms with Gasteiger partial charge in [0.2, 0.25) is 0 Å². The maximum atomic E-state index is 5.94. The third-order valence-corrected chi connectivity index (χ3v) is 5.00. The number of nitrogen functional groups attached to an aromatic ring is 1. The first-order valence-corrected chi connectivity index (χ1v) is 8.80. The Morgan fingerprint density at radius 2 is 1.92 bits per heavy atom. The molecule has 1 aromatic heterocycles. The number of halogens is 2. The summed E-state index contributed by atoms with van der Waals surface area (Å²) in [4.78, 5) is 7.52. The highest BCUT2D eigenvalue weighted by atomic mass is 35.5. The van der Waals surface area contributed by atoms with E-state index >= 15 is 0 Å². The highest BCUT2D eigenvalue weighted by Gasteiger charge is 2.30. The first-order chi connectivity index (χ1) is 11.8. The summed E-state index contributed by atoms with van der Waals surface area (Å²) in [7, 11) is 0. The van der Waals surface area contributed by atoms with Crippen LogP contribution >= 0.6 is 24.8 Å². The Morgan fingerprint density at radius 3 is 2.69 bits per heavy atom. The van der Waals surface area contributed by atoms with Gasteiger partial charge in [-0.15, -0.1) is 24.8 Å². The molecule has 1 atom stereocenters. The molecule has 0 spiro atoms. The van der Waals surface area contributed by atoms with Crippen molar-refractivity contribution in [3.8, 4) is 0 Å². The van der Waals surface area contributed by atoms with Crippen LogP contribution in [0.5, 0.6) is 0 Å². The van der Waals surface area contributed by atoms with E-state index in [2.05, 4.69) is 52.8 Å². The second-order valence-electron chi connectivity index (χ2n) is 6.58. The van der Waals surface area contributed by atoms with Gasteiger partial charge in [-0.1, -0.05) is 24.3 Å². The Bertz CT molecular complexity index is 862. The molecule has 0 radical (unpaired) electrons. The molecule has 26 heavy (non-hydrogen) atoms. The Balaban J connectivity index is 0.00000121. The normalized spacial score (nSPS) is 17.0. The number of anilines is 1. The van der Waals surface area contributed by atoms with E-state index in [9.17, 15) is 0 Å². The molecule has 2 heterocycles. The predicted molar refractivity (Wildman–Crippen MR) is 113 cm³/mol. The number of nitrogens with zero attached hydrogens (tertiary/aromatic N) is 3. The summed E-state index contributed by atoms with van der Waals surface area (Å²) in [6.45, 7) is 5.21. The van der Waals surface area contributed by atoms with Crippen molar-refractivity contribution in [3.05, 3.63) is 59.9 Å². The first-order valence-electron chi connectivity index (χ1n) is 8.80. The smallest absolute Gasteiger partial charge is 0.127 e. The number of hydrogen-bond donors (Lipinski definition) is 1. The van der Waals surface area contributed by atoms with Crippen molar-refractivity contribution in [1.29, 1.82) is 0 Å². The molecule has 1 fully saturated rings. The van der Waals surface area contributed by atoms with Crippen LogP contribution in [0.1, 0.15) is 37.2 Å². The number of likely N-dealkylation sites (tertiary alicyclic amines) is 1. The van der Waals surface area contributed by atoms with Gasteiger partial charge in [0.05, 0.1) is 17.1 Å². The van der Waals surface area contributed by atoms with Gasteiger partial charge >= 0.3 is 0 Å². The van der Waals surface area contributed by atoms with E-state index in [1.54, 1.807) is 0 Å². The fourth-order valence-electron chi connectivity index (χ4n) is 3.91. The molecular formula is C20H26Cl2N4. The van der Waals surface area contributed by atoms with Gasteiger partial charge in [-0.2, -0.15) is 0 Å². The van der Waals surface area contributed by atoms with Crippen LogP contribution in [-0.2, 0) is 13.1 Å². The van der Waals surface area contributed by atoms with Gasteiger partial charge in [0.1, 0.15) is 5.82 Å². The zero-order valence-electron chi connectivity index (χ0n) is 15.0. The average Bonchev–Trinajstić information content (AvgIpc) is 3.18. The van der Waals surface area contributed by atoms with Gasteiger partial charge in [0.25, 0.3) is 0 Å². The van der Waals surface area contributed by atoms with Gasteiger partial charge in [-0.05, 0) is 56.1 Å². The van der Waals surface area contributed by atoms with E-state index in [1.807, 2.05) is 12.1 Å². The zero-order valence-corrected chi connectivity index (χ0v) is 16.6. The molecule has 0 saturated carbocycles. The Hall–Kier alpha value is -1.75. The summed E-state index contributed by atoms with van der Waals surface area (Å²) < 4.78 is 2.37. The largest absolute Gasteiger partial charge is 0.399 e. The Kier molecular flexibility index (Phi) is 6.93. The van der Waals surface area contributed by atoms with E-state index < -0.39 is 0 Å². The van der Waals surface area contributed by atoms with Gasteiger partial charge in [0, 0.05) is 18.8 Å². The lowest BCUT2D eigenvalue weighted by Crippen LogP contribution is -2.25. The van der Waals surface area contributed by atoms with Crippen LogP contribution in [0.25, 0.3) is 11.0 Å². The summed E-state index contributed by atoms with van der Waals surface area (Å²) in [6.07, 6.45) is 2.39. The number of para-hydroxylation sites is 2. The highest BCUT2D eigenvalue weighted by Crippen LogP contribution is 2.34. The number of fused-ring (bicyclic) bond motifs is 1. The summed E-state index contributed by atoms with van der Waals surface area (Å²) in [5.74, 6) is 1.21.